The van der Waals surface area contributed by atoms with E-state index in [1.807, 2.05) is 0 Å². The molecular weight excluding hydrogens is 261 g/mol. The molecule has 3 N–H and O–H groups in total. The van der Waals surface area contributed by atoms with Crippen LogP contribution in [0.3, 0.4) is 0 Å². The summed E-state index contributed by atoms with van der Waals surface area (Å²) in [5.74, 6) is 0.434. The molecule has 0 bridgehead atoms. The van der Waals surface area contributed by atoms with Gasteiger partial charge in [-0.1, -0.05) is 0 Å². The van der Waals surface area contributed by atoms with E-state index in [0.29, 0.717) is 11.3 Å². The molecule has 3 heterocycles. The molecule has 98 valence electrons. The summed E-state index contributed by atoms with van der Waals surface area (Å²) >= 11 is 0. The molecule has 9 heteroatoms. The number of nitrogen functional groups attached to an aromatic ring is 1. The zero-order valence-electron chi connectivity index (χ0n) is 9.31. The number of nitrogens with one attached hydrogen (secondary N) is 1. The summed E-state index contributed by atoms with van der Waals surface area (Å²) in [6.07, 6.45) is -3.50. The number of anilines is 1. The van der Waals surface area contributed by atoms with Crippen LogP contribution in [0, 0.1) is 0 Å². The molecule has 3 aromatic rings. The number of alkyl halides is 3. The molecule has 0 spiro atoms. The minimum absolute atomic E-state index is 0.213. The fourth-order valence-corrected chi connectivity index (χ4v) is 1.69. The molecule has 0 radical (unpaired) electrons. The molecule has 19 heavy (non-hydrogen) atoms. The number of nitrogens with two attached hydrogens (primary N) is 1. The van der Waals surface area contributed by atoms with Gasteiger partial charge in [-0.05, 0) is 12.1 Å². The first-order valence-electron chi connectivity index (χ1n) is 5.18. The van der Waals surface area contributed by atoms with Crippen LogP contribution in [-0.2, 0) is 6.18 Å². The molecule has 3 aromatic heterocycles. The van der Waals surface area contributed by atoms with Crippen molar-refractivity contribution >= 4 is 11.5 Å². The molecule has 0 fully saturated rings. The van der Waals surface area contributed by atoms with E-state index >= 15 is 0 Å². The van der Waals surface area contributed by atoms with Crippen LogP contribution in [-0.4, -0.2) is 24.8 Å². The molecule has 0 unspecified atom stereocenters. The highest BCUT2D eigenvalue weighted by Crippen LogP contribution is 2.30. The average molecular weight is 268 g/mol. The van der Waals surface area contributed by atoms with E-state index in [4.69, 9.17) is 5.73 Å². The first kappa shape index (κ1) is 11.5. The molecule has 0 saturated heterocycles. The number of nitrogens with zero attached hydrogens (tertiary/aromatic N) is 4. The van der Waals surface area contributed by atoms with Crippen molar-refractivity contribution in [3.8, 4) is 11.5 Å². The number of aromatic nitrogens is 5. The number of halogens is 3. The Morgan fingerprint density at radius 2 is 2.00 bits per heavy atom. The molecular formula is C10H7F3N6. The van der Waals surface area contributed by atoms with Crippen LogP contribution >= 0.6 is 0 Å². The van der Waals surface area contributed by atoms with Crippen LogP contribution in [0.15, 0.2) is 24.4 Å². The van der Waals surface area contributed by atoms with Crippen molar-refractivity contribution in [1.82, 2.24) is 24.8 Å². The Morgan fingerprint density at radius 3 is 2.63 bits per heavy atom. The van der Waals surface area contributed by atoms with Gasteiger partial charge in [0.1, 0.15) is 11.5 Å². The maximum atomic E-state index is 12.7. The fourth-order valence-electron chi connectivity index (χ4n) is 1.69. The molecule has 0 aliphatic rings. The lowest BCUT2D eigenvalue weighted by molar-refractivity contribution is -0.137. The number of hydrogen-bond acceptors (Lipinski definition) is 4. The highest BCUT2D eigenvalue weighted by molar-refractivity contribution is 5.58. The standard InChI is InChI=1S/C10H7F3N6/c11-10(12,13)5-1-2-8-17-18-9(19(8)4-5)6-3-7(14)16-15-6/h1-4H,(H3,14,15,16). The Balaban J connectivity index is 2.21. The molecule has 0 amide bonds. The van der Waals surface area contributed by atoms with E-state index in [-0.39, 0.29) is 11.6 Å². The van der Waals surface area contributed by atoms with Crippen molar-refractivity contribution in [2.75, 3.05) is 5.73 Å². The molecule has 0 atom stereocenters. The third-order valence-electron chi connectivity index (χ3n) is 2.57. The second-order valence-electron chi connectivity index (χ2n) is 3.87. The van der Waals surface area contributed by atoms with Gasteiger partial charge in [-0.3, -0.25) is 9.50 Å². The number of rotatable bonds is 1. The van der Waals surface area contributed by atoms with Crippen LogP contribution in [0.4, 0.5) is 19.0 Å². The Labute approximate surface area is 104 Å². The quantitative estimate of drug-likeness (QED) is 0.703. The first-order valence-corrected chi connectivity index (χ1v) is 5.18. The maximum absolute atomic E-state index is 12.7. The van der Waals surface area contributed by atoms with E-state index in [1.54, 1.807) is 0 Å². The predicted octanol–water partition coefficient (Wildman–Crippen LogP) is 1.72. The molecule has 3 rings (SSSR count). The van der Waals surface area contributed by atoms with E-state index in [9.17, 15) is 13.2 Å². The average Bonchev–Trinajstić information content (AvgIpc) is 2.92. The number of hydrogen-bond donors (Lipinski definition) is 2. The minimum Gasteiger partial charge on any atom is -0.382 e. The van der Waals surface area contributed by atoms with Gasteiger partial charge in [-0.15, -0.1) is 10.2 Å². The summed E-state index contributed by atoms with van der Waals surface area (Å²) in [7, 11) is 0. The summed E-state index contributed by atoms with van der Waals surface area (Å²) in [6, 6.07) is 3.67. The van der Waals surface area contributed by atoms with Gasteiger partial charge in [0.05, 0.1) is 5.56 Å². The smallest absolute Gasteiger partial charge is 0.382 e. The summed E-state index contributed by atoms with van der Waals surface area (Å²) < 4.78 is 39.2. The van der Waals surface area contributed by atoms with Gasteiger partial charge in [-0.25, -0.2) is 0 Å². The van der Waals surface area contributed by atoms with Crippen molar-refractivity contribution < 1.29 is 13.2 Å². The zero-order valence-corrected chi connectivity index (χ0v) is 9.31. The van der Waals surface area contributed by atoms with Gasteiger partial charge in [0, 0.05) is 12.3 Å². The SMILES string of the molecule is Nc1cc(-c2nnc3ccc(C(F)(F)F)cn23)[nH]n1. The van der Waals surface area contributed by atoms with Crippen LogP contribution in [0.2, 0.25) is 0 Å². The van der Waals surface area contributed by atoms with E-state index in [1.165, 1.54) is 16.5 Å². The van der Waals surface area contributed by atoms with Crippen LogP contribution in [0.1, 0.15) is 5.56 Å². The third kappa shape index (κ3) is 1.88. The minimum atomic E-state index is -4.43. The highest BCUT2D eigenvalue weighted by Gasteiger charge is 2.31. The van der Waals surface area contributed by atoms with Gasteiger partial charge in [-0.2, -0.15) is 18.3 Å². The number of pyridine rings is 1. The van der Waals surface area contributed by atoms with Gasteiger partial charge in [0.15, 0.2) is 11.5 Å². The van der Waals surface area contributed by atoms with Crippen molar-refractivity contribution in [2.24, 2.45) is 0 Å². The molecule has 0 saturated carbocycles. The number of aromatic amines is 1. The Kier molecular flexibility index (Phi) is 2.24. The third-order valence-corrected chi connectivity index (χ3v) is 2.57. The van der Waals surface area contributed by atoms with E-state index in [0.717, 1.165) is 12.3 Å². The van der Waals surface area contributed by atoms with E-state index < -0.39 is 11.7 Å². The Hall–Kier alpha value is -2.58. The van der Waals surface area contributed by atoms with Crippen LogP contribution in [0.5, 0.6) is 0 Å². The first-order chi connectivity index (χ1) is 8.95. The van der Waals surface area contributed by atoms with E-state index in [2.05, 4.69) is 20.4 Å². The van der Waals surface area contributed by atoms with Gasteiger partial charge in [0.25, 0.3) is 0 Å². The summed E-state index contributed by atoms with van der Waals surface area (Å²) in [6.45, 7) is 0. The lowest BCUT2D eigenvalue weighted by Gasteiger charge is -2.06. The molecule has 0 aliphatic carbocycles. The van der Waals surface area contributed by atoms with Crippen molar-refractivity contribution in [2.45, 2.75) is 6.18 Å². The zero-order chi connectivity index (χ0) is 13.6. The Bertz CT molecular complexity index is 741. The van der Waals surface area contributed by atoms with Crippen molar-refractivity contribution in [1.29, 1.82) is 0 Å². The number of H-pyrrole nitrogens is 1. The summed E-state index contributed by atoms with van der Waals surface area (Å²) in [5.41, 5.74) is 5.36. The largest absolute Gasteiger partial charge is 0.417 e. The fraction of sp³-hybridized carbons (Fsp3) is 0.100. The van der Waals surface area contributed by atoms with Gasteiger partial charge in [0.2, 0.25) is 0 Å². The molecule has 6 nitrogen and oxygen atoms in total. The van der Waals surface area contributed by atoms with Crippen LogP contribution in [0.25, 0.3) is 17.2 Å². The second-order valence-corrected chi connectivity index (χ2v) is 3.87. The second kappa shape index (κ2) is 3.70. The Morgan fingerprint density at radius 1 is 1.21 bits per heavy atom. The summed E-state index contributed by atoms with van der Waals surface area (Å²) in [4.78, 5) is 0. The van der Waals surface area contributed by atoms with Crippen molar-refractivity contribution in [3.05, 3.63) is 30.0 Å². The summed E-state index contributed by atoms with van der Waals surface area (Å²) in [5, 5.41) is 13.9. The monoisotopic (exact) mass is 268 g/mol. The van der Waals surface area contributed by atoms with Crippen molar-refractivity contribution in [3.63, 3.8) is 0 Å². The molecule has 0 aliphatic heterocycles. The van der Waals surface area contributed by atoms with Gasteiger partial charge >= 0.3 is 6.18 Å². The normalized spacial score (nSPS) is 12.2. The topological polar surface area (TPSA) is 84.9 Å². The lowest BCUT2D eigenvalue weighted by atomic mass is 10.2. The number of fused-ring (bicyclic) bond motifs is 1. The maximum Gasteiger partial charge on any atom is 0.417 e. The highest BCUT2D eigenvalue weighted by atomic mass is 19.4. The molecule has 0 aromatic carbocycles. The van der Waals surface area contributed by atoms with Crippen LogP contribution < -0.4 is 5.73 Å². The lowest BCUT2D eigenvalue weighted by Crippen LogP contribution is -2.06. The van der Waals surface area contributed by atoms with Gasteiger partial charge < -0.3 is 5.73 Å². The predicted molar refractivity (Wildman–Crippen MR) is 60.0 cm³/mol.